The third-order valence-electron chi connectivity index (χ3n) is 3.42. The minimum absolute atomic E-state index is 0.529. The molecule has 1 aliphatic heterocycles. The molecule has 1 atom stereocenters. The Morgan fingerprint density at radius 3 is 2.55 bits per heavy atom. The smallest absolute Gasteiger partial charge is 0.0552 e. The van der Waals surface area contributed by atoms with Crippen LogP contribution in [0.4, 0.5) is 0 Å². The second-order valence-corrected chi connectivity index (χ2v) is 4.34. The van der Waals surface area contributed by atoms with Gasteiger partial charge in [0.25, 0.3) is 0 Å². The van der Waals surface area contributed by atoms with E-state index in [1.165, 1.54) is 38.5 Å². The van der Waals surface area contributed by atoms with Gasteiger partial charge < -0.3 is 4.74 Å². The van der Waals surface area contributed by atoms with Crippen LogP contribution in [0.1, 0.15) is 45.4 Å². The first-order chi connectivity index (χ1) is 5.31. The Morgan fingerprint density at radius 1 is 1.18 bits per heavy atom. The van der Waals surface area contributed by atoms with E-state index in [-0.39, 0.29) is 0 Å². The first-order valence-corrected chi connectivity index (χ1v) is 4.92. The van der Waals surface area contributed by atoms with Crippen molar-refractivity contribution in [2.24, 2.45) is 5.41 Å². The van der Waals surface area contributed by atoms with E-state index in [9.17, 15) is 0 Å². The lowest BCUT2D eigenvalue weighted by atomic mass is 9.77. The topological polar surface area (TPSA) is 9.23 Å². The lowest BCUT2D eigenvalue weighted by Crippen LogP contribution is -2.31. The van der Waals surface area contributed by atoms with Crippen molar-refractivity contribution < 1.29 is 4.74 Å². The summed E-state index contributed by atoms with van der Waals surface area (Å²) in [5.74, 6) is 0. The normalized spacial score (nSPS) is 36.3. The van der Waals surface area contributed by atoms with Crippen LogP contribution in [-0.2, 0) is 4.74 Å². The number of hydrogen-bond acceptors (Lipinski definition) is 1. The average molecular weight is 154 g/mol. The van der Waals surface area contributed by atoms with Crippen molar-refractivity contribution >= 4 is 0 Å². The zero-order valence-corrected chi connectivity index (χ0v) is 7.44. The fourth-order valence-electron chi connectivity index (χ4n) is 2.83. The third-order valence-corrected chi connectivity index (χ3v) is 3.42. The molecule has 1 heteroatoms. The van der Waals surface area contributed by atoms with Crippen LogP contribution in [0.5, 0.6) is 0 Å². The van der Waals surface area contributed by atoms with Gasteiger partial charge in [0.1, 0.15) is 0 Å². The Morgan fingerprint density at radius 2 is 1.91 bits per heavy atom. The van der Waals surface area contributed by atoms with Crippen molar-refractivity contribution in [1.29, 1.82) is 0 Å². The van der Waals surface area contributed by atoms with Crippen LogP contribution in [0.3, 0.4) is 0 Å². The molecular weight excluding hydrogens is 136 g/mol. The van der Waals surface area contributed by atoms with E-state index >= 15 is 0 Å². The number of hydrogen-bond donors (Lipinski definition) is 0. The Bertz CT molecular complexity index is 136. The van der Waals surface area contributed by atoms with Crippen LogP contribution in [-0.4, -0.2) is 12.7 Å². The molecule has 64 valence electrons. The molecule has 1 heterocycles. The van der Waals surface area contributed by atoms with E-state index in [2.05, 4.69) is 6.92 Å². The maximum Gasteiger partial charge on any atom is 0.0552 e. The SMILES string of the molecule is CC1CC2(CCCC2)CCO1. The highest BCUT2D eigenvalue weighted by Gasteiger charge is 2.37. The molecule has 1 aliphatic carbocycles. The fourth-order valence-corrected chi connectivity index (χ4v) is 2.83. The Balaban J connectivity index is 2.00. The van der Waals surface area contributed by atoms with Gasteiger partial charge in [0, 0.05) is 6.61 Å². The first-order valence-electron chi connectivity index (χ1n) is 4.92. The summed E-state index contributed by atoms with van der Waals surface area (Å²) in [6.45, 7) is 3.24. The monoisotopic (exact) mass is 154 g/mol. The van der Waals surface area contributed by atoms with Gasteiger partial charge in [0.2, 0.25) is 0 Å². The largest absolute Gasteiger partial charge is 0.378 e. The van der Waals surface area contributed by atoms with Crippen molar-refractivity contribution in [3.8, 4) is 0 Å². The molecular formula is C10H18O. The Labute approximate surface area is 69.1 Å². The van der Waals surface area contributed by atoms with Crippen molar-refractivity contribution in [3.63, 3.8) is 0 Å². The number of ether oxygens (including phenoxy) is 1. The molecule has 1 saturated carbocycles. The van der Waals surface area contributed by atoms with Crippen molar-refractivity contribution in [1.82, 2.24) is 0 Å². The van der Waals surface area contributed by atoms with Crippen LogP contribution in [0.15, 0.2) is 0 Å². The van der Waals surface area contributed by atoms with Gasteiger partial charge in [-0.2, -0.15) is 0 Å². The van der Waals surface area contributed by atoms with Crippen LogP contribution in [0.2, 0.25) is 0 Å². The van der Waals surface area contributed by atoms with E-state index in [0.29, 0.717) is 6.10 Å². The van der Waals surface area contributed by atoms with Gasteiger partial charge in [-0.15, -0.1) is 0 Å². The van der Waals surface area contributed by atoms with E-state index in [1.807, 2.05) is 0 Å². The predicted molar refractivity (Wildman–Crippen MR) is 45.5 cm³/mol. The van der Waals surface area contributed by atoms with E-state index in [4.69, 9.17) is 4.74 Å². The Kier molecular flexibility index (Phi) is 1.92. The highest BCUT2D eigenvalue weighted by atomic mass is 16.5. The molecule has 1 unspecified atom stereocenters. The van der Waals surface area contributed by atoms with Crippen LogP contribution >= 0.6 is 0 Å². The maximum atomic E-state index is 5.56. The minimum Gasteiger partial charge on any atom is -0.378 e. The van der Waals surface area contributed by atoms with Gasteiger partial charge >= 0.3 is 0 Å². The summed E-state index contributed by atoms with van der Waals surface area (Å²) in [5, 5.41) is 0. The molecule has 0 aromatic carbocycles. The summed E-state index contributed by atoms with van der Waals surface area (Å²) in [6.07, 6.45) is 9.06. The van der Waals surface area contributed by atoms with Gasteiger partial charge in [-0.25, -0.2) is 0 Å². The summed E-state index contributed by atoms with van der Waals surface area (Å²) in [6, 6.07) is 0. The second kappa shape index (κ2) is 2.78. The molecule has 2 fully saturated rings. The van der Waals surface area contributed by atoms with Crippen LogP contribution < -0.4 is 0 Å². The zero-order chi connectivity index (χ0) is 7.73. The van der Waals surface area contributed by atoms with E-state index in [1.54, 1.807) is 0 Å². The van der Waals surface area contributed by atoms with Crippen molar-refractivity contribution in [3.05, 3.63) is 0 Å². The minimum atomic E-state index is 0.529. The maximum absolute atomic E-state index is 5.56. The molecule has 0 bridgehead atoms. The molecule has 1 saturated heterocycles. The average Bonchev–Trinajstić information content (AvgIpc) is 2.37. The van der Waals surface area contributed by atoms with Crippen LogP contribution in [0.25, 0.3) is 0 Å². The molecule has 1 spiro atoms. The summed E-state index contributed by atoms with van der Waals surface area (Å²) >= 11 is 0. The molecule has 1 nitrogen and oxygen atoms in total. The van der Waals surface area contributed by atoms with Gasteiger partial charge in [-0.1, -0.05) is 12.8 Å². The van der Waals surface area contributed by atoms with E-state index in [0.717, 1.165) is 12.0 Å². The molecule has 0 amide bonds. The predicted octanol–water partition coefficient (Wildman–Crippen LogP) is 2.75. The number of rotatable bonds is 0. The summed E-state index contributed by atoms with van der Waals surface area (Å²) < 4.78 is 5.56. The van der Waals surface area contributed by atoms with Gasteiger partial charge in [-0.3, -0.25) is 0 Å². The highest BCUT2D eigenvalue weighted by Crippen LogP contribution is 2.47. The second-order valence-electron chi connectivity index (χ2n) is 4.34. The van der Waals surface area contributed by atoms with Gasteiger partial charge in [-0.05, 0) is 38.0 Å². The molecule has 11 heavy (non-hydrogen) atoms. The molecule has 0 aromatic heterocycles. The molecule has 0 radical (unpaired) electrons. The first kappa shape index (κ1) is 7.60. The van der Waals surface area contributed by atoms with E-state index < -0.39 is 0 Å². The van der Waals surface area contributed by atoms with Gasteiger partial charge in [0.15, 0.2) is 0 Å². The van der Waals surface area contributed by atoms with Crippen molar-refractivity contribution in [2.45, 2.75) is 51.6 Å². The summed E-state index contributed by atoms with van der Waals surface area (Å²) in [5.41, 5.74) is 0.720. The molecule has 2 aliphatic rings. The van der Waals surface area contributed by atoms with Crippen LogP contribution in [0, 0.1) is 5.41 Å². The zero-order valence-electron chi connectivity index (χ0n) is 7.44. The standard InChI is InChI=1S/C10H18O/c1-9-8-10(6-7-11-9)4-2-3-5-10/h9H,2-8H2,1H3. The summed E-state index contributed by atoms with van der Waals surface area (Å²) in [7, 11) is 0. The fraction of sp³-hybridized carbons (Fsp3) is 1.00. The highest BCUT2D eigenvalue weighted by molar-refractivity contribution is 4.88. The third kappa shape index (κ3) is 1.44. The van der Waals surface area contributed by atoms with Gasteiger partial charge in [0.05, 0.1) is 6.10 Å². The molecule has 0 aromatic rings. The summed E-state index contributed by atoms with van der Waals surface area (Å²) in [4.78, 5) is 0. The lowest BCUT2D eigenvalue weighted by Gasteiger charge is -2.36. The molecule has 2 rings (SSSR count). The molecule has 0 N–H and O–H groups in total. The Hall–Kier alpha value is -0.0400. The lowest BCUT2D eigenvalue weighted by molar-refractivity contribution is -0.0365. The van der Waals surface area contributed by atoms with Crippen molar-refractivity contribution in [2.75, 3.05) is 6.61 Å². The quantitative estimate of drug-likeness (QED) is 0.521.